The molecular weight excluding hydrogens is 190 g/mol. The van der Waals surface area contributed by atoms with Crippen molar-refractivity contribution in [2.24, 2.45) is 0 Å². The van der Waals surface area contributed by atoms with Gasteiger partial charge >= 0.3 is 0 Å². The van der Waals surface area contributed by atoms with Crippen LogP contribution >= 0.6 is 0 Å². The van der Waals surface area contributed by atoms with Gasteiger partial charge in [-0.3, -0.25) is 4.79 Å². The first-order chi connectivity index (χ1) is 6.63. The maximum Gasteiger partial charge on any atom is 0.162 e. The lowest BCUT2D eigenvalue weighted by molar-refractivity contribution is -0.121. The monoisotopic (exact) mass is 200 g/mol. The van der Waals surface area contributed by atoms with Crippen LogP contribution in [0.25, 0.3) is 0 Å². The van der Waals surface area contributed by atoms with E-state index in [9.17, 15) is 13.6 Å². The average molecular weight is 200 g/mol. The van der Waals surface area contributed by atoms with E-state index in [0.29, 0.717) is 5.56 Å². The highest BCUT2D eigenvalue weighted by atomic mass is 19.2. The Hall–Kier alpha value is -1.29. The number of rotatable bonds is 4. The Morgan fingerprint density at radius 3 is 2.64 bits per heavy atom. The molecule has 0 aliphatic carbocycles. The van der Waals surface area contributed by atoms with E-state index in [2.05, 4.69) is 4.74 Å². The van der Waals surface area contributed by atoms with Crippen LogP contribution in [-0.4, -0.2) is 19.5 Å². The molecular formula is C10H10F2O2. The normalized spacial score (nSPS) is 10.2. The number of carbonyl (C=O) groups excluding carboxylic acids is 1. The second-order valence-electron chi connectivity index (χ2n) is 2.90. The van der Waals surface area contributed by atoms with Crippen molar-refractivity contribution >= 4 is 5.78 Å². The SMILES string of the molecule is COCC(=O)Cc1ccc(F)c(F)c1. The van der Waals surface area contributed by atoms with Crippen LogP contribution in [0.1, 0.15) is 5.56 Å². The summed E-state index contributed by atoms with van der Waals surface area (Å²) < 4.78 is 29.8. The molecule has 76 valence electrons. The van der Waals surface area contributed by atoms with E-state index >= 15 is 0 Å². The Bertz CT molecular complexity index is 337. The molecule has 0 aromatic heterocycles. The van der Waals surface area contributed by atoms with Crippen LogP contribution in [0.5, 0.6) is 0 Å². The second-order valence-corrected chi connectivity index (χ2v) is 2.90. The van der Waals surface area contributed by atoms with Crippen LogP contribution in [0, 0.1) is 11.6 Å². The van der Waals surface area contributed by atoms with E-state index in [1.54, 1.807) is 0 Å². The third kappa shape index (κ3) is 2.88. The van der Waals surface area contributed by atoms with E-state index in [-0.39, 0.29) is 18.8 Å². The third-order valence-corrected chi connectivity index (χ3v) is 1.69. The van der Waals surface area contributed by atoms with E-state index in [0.717, 1.165) is 12.1 Å². The quantitative estimate of drug-likeness (QED) is 0.739. The molecule has 0 heterocycles. The lowest BCUT2D eigenvalue weighted by Crippen LogP contribution is -2.09. The number of hydrogen-bond donors (Lipinski definition) is 0. The molecule has 14 heavy (non-hydrogen) atoms. The molecule has 1 rings (SSSR count). The molecule has 0 atom stereocenters. The molecule has 0 aliphatic heterocycles. The number of carbonyl (C=O) groups is 1. The predicted molar refractivity (Wildman–Crippen MR) is 46.9 cm³/mol. The van der Waals surface area contributed by atoms with Gasteiger partial charge in [0.15, 0.2) is 17.4 Å². The van der Waals surface area contributed by atoms with Crippen molar-refractivity contribution in [3.63, 3.8) is 0 Å². The summed E-state index contributed by atoms with van der Waals surface area (Å²) in [5.74, 6) is -2.01. The fraction of sp³-hybridized carbons (Fsp3) is 0.300. The Balaban J connectivity index is 2.68. The highest BCUT2D eigenvalue weighted by molar-refractivity contribution is 5.81. The fourth-order valence-corrected chi connectivity index (χ4v) is 1.09. The number of halogens is 2. The van der Waals surface area contributed by atoms with Crippen molar-refractivity contribution in [1.82, 2.24) is 0 Å². The van der Waals surface area contributed by atoms with Crippen LogP contribution in [0.15, 0.2) is 18.2 Å². The standard InChI is InChI=1S/C10H10F2O2/c1-14-6-8(13)4-7-2-3-9(11)10(12)5-7/h2-3,5H,4,6H2,1H3. The number of Topliss-reactive ketones (excluding diaryl/α,β-unsaturated/α-hetero) is 1. The van der Waals surface area contributed by atoms with Crippen molar-refractivity contribution in [2.45, 2.75) is 6.42 Å². The molecule has 0 aliphatic rings. The fourth-order valence-electron chi connectivity index (χ4n) is 1.09. The maximum absolute atomic E-state index is 12.7. The first-order valence-corrected chi connectivity index (χ1v) is 4.08. The van der Waals surface area contributed by atoms with E-state index in [1.807, 2.05) is 0 Å². The Labute approximate surface area is 80.5 Å². The van der Waals surface area contributed by atoms with Crippen LogP contribution in [-0.2, 0) is 16.0 Å². The predicted octanol–water partition coefficient (Wildman–Crippen LogP) is 1.72. The van der Waals surface area contributed by atoms with Crippen molar-refractivity contribution in [1.29, 1.82) is 0 Å². The lowest BCUT2D eigenvalue weighted by atomic mass is 10.1. The molecule has 1 aromatic rings. The summed E-state index contributed by atoms with van der Waals surface area (Å²) in [6, 6.07) is 3.40. The van der Waals surface area contributed by atoms with E-state index in [1.165, 1.54) is 13.2 Å². The van der Waals surface area contributed by atoms with Gasteiger partial charge in [0.2, 0.25) is 0 Å². The second kappa shape index (κ2) is 4.81. The summed E-state index contributed by atoms with van der Waals surface area (Å²) in [6.45, 7) is -0.0149. The molecule has 0 unspecified atom stereocenters. The minimum Gasteiger partial charge on any atom is -0.377 e. The van der Waals surface area contributed by atoms with Gasteiger partial charge in [-0.05, 0) is 17.7 Å². The van der Waals surface area contributed by atoms with Gasteiger partial charge in [0, 0.05) is 13.5 Å². The van der Waals surface area contributed by atoms with Crippen LogP contribution in [0.3, 0.4) is 0 Å². The third-order valence-electron chi connectivity index (χ3n) is 1.69. The number of methoxy groups -OCH3 is 1. The molecule has 1 aromatic carbocycles. The Morgan fingerprint density at radius 2 is 2.07 bits per heavy atom. The molecule has 4 heteroatoms. The summed E-state index contributed by atoms with van der Waals surface area (Å²) in [5, 5.41) is 0. The van der Waals surface area contributed by atoms with Gasteiger partial charge in [0.05, 0.1) is 0 Å². The van der Waals surface area contributed by atoms with Gasteiger partial charge in [-0.1, -0.05) is 6.07 Å². The summed E-state index contributed by atoms with van der Waals surface area (Å²) in [7, 11) is 1.41. The highest BCUT2D eigenvalue weighted by Gasteiger charge is 2.06. The number of ether oxygens (including phenoxy) is 1. The van der Waals surface area contributed by atoms with Crippen LogP contribution < -0.4 is 0 Å². The number of benzene rings is 1. The number of ketones is 1. The minimum atomic E-state index is -0.937. The van der Waals surface area contributed by atoms with Gasteiger partial charge in [0.25, 0.3) is 0 Å². The Kier molecular flexibility index (Phi) is 3.71. The maximum atomic E-state index is 12.7. The Morgan fingerprint density at radius 1 is 1.36 bits per heavy atom. The average Bonchev–Trinajstić information content (AvgIpc) is 2.12. The molecule has 2 nitrogen and oxygen atoms in total. The summed E-state index contributed by atoms with van der Waals surface area (Å²) in [5.41, 5.74) is 0.450. The topological polar surface area (TPSA) is 26.3 Å². The first-order valence-electron chi connectivity index (χ1n) is 4.08. The van der Waals surface area contributed by atoms with Gasteiger partial charge in [-0.25, -0.2) is 8.78 Å². The zero-order chi connectivity index (χ0) is 10.6. The zero-order valence-electron chi connectivity index (χ0n) is 7.72. The van der Waals surface area contributed by atoms with Gasteiger partial charge in [-0.15, -0.1) is 0 Å². The van der Waals surface area contributed by atoms with Crippen molar-refractivity contribution in [2.75, 3.05) is 13.7 Å². The minimum absolute atomic E-state index is 0.0149. The van der Waals surface area contributed by atoms with Gasteiger partial charge in [0.1, 0.15) is 6.61 Å². The summed E-state index contributed by atoms with van der Waals surface area (Å²) in [4.78, 5) is 11.1. The van der Waals surface area contributed by atoms with Crippen LogP contribution in [0.4, 0.5) is 8.78 Å². The van der Waals surface area contributed by atoms with Gasteiger partial charge in [-0.2, -0.15) is 0 Å². The molecule has 0 N–H and O–H groups in total. The first kappa shape index (κ1) is 10.8. The smallest absolute Gasteiger partial charge is 0.162 e. The van der Waals surface area contributed by atoms with E-state index < -0.39 is 11.6 Å². The molecule has 0 amide bonds. The molecule has 0 spiro atoms. The van der Waals surface area contributed by atoms with E-state index in [4.69, 9.17) is 0 Å². The highest BCUT2D eigenvalue weighted by Crippen LogP contribution is 2.09. The van der Waals surface area contributed by atoms with Crippen molar-refractivity contribution < 1.29 is 18.3 Å². The molecule has 0 saturated heterocycles. The molecule has 0 bridgehead atoms. The lowest BCUT2D eigenvalue weighted by Gasteiger charge is -2.00. The molecule has 0 fully saturated rings. The number of hydrogen-bond acceptors (Lipinski definition) is 2. The van der Waals surface area contributed by atoms with Crippen LogP contribution in [0.2, 0.25) is 0 Å². The largest absolute Gasteiger partial charge is 0.377 e. The van der Waals surface area contributed by atoms with Crippen molar-refractivity contribution in [3.8, 4) is 0 Å². The van der Waals surface area contributed by atoms with Crippen molar-refractivity contribution in [3.05, 3.63) is 35.4 Å². The molecule has 0 radical (unpaired) electrons. The summed E-state index contributed by atoms with van der Waals surface area (Å²) >= 11 is 0. The summed E-state index contributed by atoms with van der Waals surface area (Å²) in [6.07, 6.45) is 0.0606. The van der Waals surface area contributed by atoms with Gasteiger partial charge < -0.3 is 4.74 Å². The molecule has 0 saturated carbocycles. The zero-order valence-corrected chi connectivity index (χ0v) is 7.72.